The predicted octanol–water partition coefficient (Wildman–Crippen LogP) is 4.58. The number of amides is 1. The highest BCUT2D eigenvalue weighted by molar-refractivity contribution is 7.89. The summed E-state index contributed by atoms with van der Waals surface area (Å²) < 4.78 is 25.9. The van der Waals surface area contributed by atoms with Gasteiger partial charge in [-0.1, -0.05) is 11.6 Å². The van der Waals surface area contributed by atoms with Crippen LogP contribution in [0.25, 0.3) is 20.8 Å². The Morgan fingerprint density at radius 2 is 1.97 bits per heavy atom. The molecular formula is C19H15ClN4O3S3. The molecule has 0 atom stereocenters. The standard InChI is InChI=1S/C19H15ClN4O3S3/c1-24(2)30(26,27)16-9-13(3-4-14(16)20)23-17(25)15-8-11-7-12(10-22-19(11)29-15)18-21-5-6-28-18/h3-10H,1-2H3,(H,23,25). The number of pyridine rings is 1. The number of fused-ring (bicyclic) bond motifs is 1. The van der Waals surface area contributed by atoms with Crippen molar-refractivity contribution in [3.63, 3.8) is 0 Å². The van der Waals surface area contributed by atoms with Crippen LogP contribution in [-0.4, -0.2) is 42.7 Å². The van der Waals surface area contributed by atoms with Crippen molar-refractivity contribution >= 4 is 66.1 Å². The minimum atomic E-state index is -3.74. The summed E-state index contributed by atoms with van der Waals surface area (Å²) in [4.78, 5) is 22.6. The predicted molar refractivity (Wildman–Crippen MR) is 121 cm³/mol. The van der Waals surface area contributed by atoms with Crippen LogP contribution in [0.1, 0.15) is 9.67 Å². The third-order valence-electron chi connectivity index (χ3n) is 4.22. The van der Waals surface area contributed by atoms with Crippen LogP contribution in [0.5, 0.6) is 0 Å². The lowest BCUT2D eigenvalue weighted by Gasteiger charge is -2.14. The topological polar surface area (TPSA) is 92.3 Å². The minimum Gasteiger partial charge on any atom is -0.321 e. The van der Waals surface area contributed by atoms with Crippen LogP contribution in [0.15, 0.2) is 53.0 Å². The largest absolute Gasteiger partial charge is 0.321 e. The number of aromatic nitrogens is 2. The van der Waals surface area contributed by atoms with Gasteiger partial charge in [-0.3, -0.25) is 4.79 Å². The number of nitrogens with one attached hydrogen (secondary N) is 1. The zero-order valence-corrected chi connectivity index (χ0v) is 19.0. The first kappa shape index (κ1) is 20.9. The molecule has 1 amide bonds. The van der Waals surface area contributed by atoms with E-state index < -0.39 is 10.0 Å². The van der Waals surface area contributed by atoms with E-state index in [1.54, 1.807) is 24.5 Å². The Balaban J connectivity index is 1.62. The summed E-state index contributed by atoms with van der Waals surface area (Å²) in [5, 5.41) is 6.41. The highest BCUT2D eigenvalue weighted by atomic mass is 35.5. The van der Waals surface area contributed by atoms with Crippen molar-refractivity contribution in [1.29, 1.82) is 0 Å². The van der Waals surface area contributed by atoms with Gasteiger partial charge in [0.15, 0.2) is 0 Å². The molecule has 3 aromatic heterocycles. The van der Waals surface area contributed by atoms with Gasteiger partial charge in [0.2, 0.25) is 10.0 Å². The highest BCUT2D eigenvalue weighted by Gasteiger charge is 2.22. The summed E-state index contributed by atoms with van der Waals surface area (Å²) >= 11 is 8.83. The number of carbonyl (C=O) groups excluding carboxylic acids is 1. The lowest BCUT2D eigenvalue weighted by molar-refractivity contribution is 0.103. The number of anilines is 1. The molecule has 154 valence electrons. The van der Waals surface area contributed by atoms with E-state index in [1.807, 2.05) is 11.4 Å². The van der Waals surface area contributed by atoms with Crippen molar-refractivity contribution in [3.8, 4) is 10.6 Å². The zero-order valence-electron chi connectivity index (χ0n) is 15.8. The third kappa shape index (κ3) is 3.96. The molecule has 0 aliphatic heterocycles. The average molecular weight is 479 g/mol. The smallest absolute Gasteiger partial charge is 0.265 e. The first-order chi connectivity index (χ1) is 14.3. The van der Waals surface area contributed by atoms with E-state index in [0.29, 0.717) is 10.6 Å². The number of nitrogens with zero attached hydrogens (tertiary/aromatic N) is 3. The second kappa shape index (κ2) is 8.05. The molecule has 4 rings (SSSR count). The lowest BCUT2D eigenvalue weighted by atomic mass is 10.2. The summed E-state index contributed by atoms with van der Waals surface area (Å²) in [6.07, 6.45) is 3.46. The van der Waals surface area contributed by atoms with Crippen LogP contribution >= 0.6 is 34.3 Å². The number of sulfonamides is 1. The van der Waals surface area contributed by atoms with Crippen LogP contribution in [0, 0.1) is 0 Å². The van der Waals surface area contributed by atoms with Gasteiger partial charge in [0.25, 0.3) is 5.91 Å². The molecule has 0 aliphatic rings. The first-order valence-electron chi connectivity index (χ1n) is 8.58. The van der Waals surface area contributed by atoms with Crippen molar-refractivity contribution in [1.82, 2.24) is 14.3 Å². The van der Waals surface area contributed by atoms with Crippen molar-refractivity contribution in [2.24, 2.45) is 0 Å². The molecule has 0 aliphatic carbocycles. The molecule has 0 fully saturated rings. The summed E-state index contributed by atoms with van der Waals surface area (Å²) in [5.41, 5.74) is 1.22. The molecule has 0 bridgehead atoms. The second-order valence-corrected chi connectivity index (χ2v) is 10.9. The molecule has 0 radical (unpaired) electrons. The number of thiazole rings is 1. The molecule has 30 heavy (non-hydrogen) atoms. The van der Waals surface area contributed by atoms with E-state index in [2.05, 4.69) is 15.3 Å². The zero-order chi connectivity index (χ0) is 21.5. The minimum absolute atomic E-state index is 0.0712. The Labute approximate surface area is 186 Å². The first-order valence-corrected chi connectivity index (χ1v) is 12.1. The normalized spacial score (nSPS) is 11.9. The van der Waals surface area contributed by atoms with Gasteiger partial charge in [-0.05, 0) is 30.3 Å². The molecule has 11 heteroatoms. The van der Waals surface area contributed by atoms with Gasteiger partial charge in [0.1, 0.15) is 14.7 Å². The van der Waals surface area contributed by atoms with E-state index in [0.717, 1.165) is 25.1 Å². The molecule has 7 nitrogen and oxygen atoms in total. The molecule has 4 aromatic rings. The van der Waals surface area contributed by atoms with Crippen molar-refractivity contribution in [2.45, 2.75) is 4.90 Å². The van der Waals surface area contributed by atoms with Crippen LogP contribution in [0.3, 0.4) is 0 Å². The Kier molecular flexibility index (Phi) is 5.60. The van der Waals surface area contributed by atoms with Gasteiger partial charge >= 0.3 is 0 Å². The number of thiophene rings is 1. The van der Waals surface area contributed by atoms with E-state index in [4.69, 9.17) is 11.6 Å². The molecule has 1 aromatic carbocycles. The maximum Gasteiger partial charge on any atom is 0.265 e. The van der Waals surface area contributed by atoms with E-state index in [1.165, 1.54) is 48.9 Å². The van der Waals surface area contributed by atoms with Crippen molar-refractivity contribution in [3.05, 3.63) is 58.0 Å². The van der Waals surface area contributed by atoms with Gasteiger partial charge in [0, 0.05) is 48.5 Å². The summed E-state index contributed by atoms with van der Waals surface area (Å²) in [6, 6.07) is 8.05. The van der Waals surface area contributed by atoms with Crippen molar-refractivity contribution < 1.29 is 13.2 Å². The Morgan fingerprint density at radius 3 is 2.67 bits per heavy atom. The number of carbonyl (C=O) groups is 1. The quantitative estimate of drug-likeness (QED) is 0.453. The molecule has 0 saturated heterocycles. The van der Waals surface area contributed by atoms with E-state index in [-0.39, 0.29) is 15.8 Å². The van der Waals surface area contributed by atoms with Crippen LogP contribution in [0.2, 0.25) is 5.02 Å². The average Bonchev–Trinajstić information content (AvgIpc) is 3.38. The number of hydrogen-bond acceptors (Lipinski definition) is 7. The fourth-order valence-electron chi connectivity index (χ4n) is 2.70. The molecule has 0 saturated carbocycles. The fourth-order valence-corrected chi connectivity index (χ4v) is 5.59. The summed E-state index contributed by atoms with van der Waals surface area (Å²) in [5.74, 6) is -0.357. The molecule has 0 unspecified atom stereocenters. The Bertz CT molecular complexity index is 1350. The molecule has 1 N–H and O–H groups in total. The third-order valence-corrected chi connectivity index (χ3v) is 8.40. The summed E-state index contributed by atoms with van der Waals surface area (Å²) in [6.45, 7) is 0. The van der Waals surface area contributed by atoms with E-state index in [9.17, 15) is 13.2 Å². The van der Waals surface area contributed by atoms with Crippen LogP contribution < -0.4 is 5.32 Å². The number of hydrogen-bond donors (Lipinski definition) is 1. The fraction of sp³-hybridized carbons (Fsp3) is 0.105. The monoisotopic (exact) mass is 478 g/mol. The number of rotatable bonds is 5. The van der Waals surface area contributed by atoms with Crippen LogP contribution in [-0.2, 0) is 10.0 Å². The SMILES string of the molecule is CN(C)S(=O)(=O)c1cc(NC(=O)c2cc3cc(-c4nccs4)cnc3s2)ccc1Cl. The molecular weight excluding hydrogens is 464 g/mol. The maximum absolute atomic E-state index is 12.7. The Hall–Kier alpha value is -2.37. The van der Waals surface area contributed by atoms with Gasteiger partial charge in [-0.2, -0.15) is 0 Å². The second-order valence-electron chi connectivity index (χ2n) is 6.45. The summed E-state index contributed by atoms with van der Waals surface area (Å²) in [7, 11) is -0.904. The molecule has 3 heterocycles. The number of halogens is 1. The van der Waals surface area contributed by atoms with Gasteiger partial charge in [0.05, 0.1) is 9.90 Å². The van der Waals surface area contributed by atoms with Gasteiger partial charge in [-0.15, -0.1) is 22.7 Å². The van der Waals surface area contributed by atoms with E-state index >= 15 is 0 Å². The Morgan fingerprint density at radius 1 is 1.17 bits per heavy atom. The number of benzene rings is 1. The van der Waals surface area contributed by atoms with Crippen molar-refractivity contribution in [2.75, 3.05) is 19.4 Å². The lowest BCUT2D eigenvalue weighted by Crippen LogP contribution is -2.22. The maximum atomic E-state index is 12.7. The van der Waals surface area contributed by atoms with Gasteiger partial charge < -0.3 is 5.32 Å². The van der Waals surface area contributed by atoms with Gasteiger partial charge in [-0.25, -0.2) is 22.7 Å². The molecule has 0 spiro atoms. The highest BCUT2D eigenvalue weighted by Crippen LogP contribution is 2.31. The van der Waals surface area contributed by atoms with Crippen LogP contribution in [0.4, 0.5) is 5.69 Å².